The fourth-order valence-electron chi connectivity index (χ4n) is 5.39. The van der Waals surface area contributed by atoms with Gasteiger partial charge in [0, 0.05) is 0 Å². The monoisotopic (exact) mass is 208 g/mol. The molecule has 0 aliphatic heterocycles. The Kier molecular flexibility index (Phi) is 2.68. The van der Waals surface area contributed by atoms with Gasteiger partial charge in [0.2, 0.25) is 0 Å². The van der Waals surface area contributed by atoms with Crippen LogP contribution in [-0.4, -0.2) is 0 Å². The number of hydrogen-bond donors (Lipinski definition) is 0. The molecule has 0 heterocycles. The highest BCUT2D eigenvalue weighted by Gasteiger charge is 2.64. The summed E-state index contributed by atoms with van der Waals surface area (Å²) < 4.78 is 0. The van der Waals surface area contributed by atoms with Crippen LogP contribution in [-0.2, 0) is 0 Å². The standard InChI is InChI=1S/C15H28/c1-6-12-8-15(9-14(12,5)10-15)13(7-2)11(3)4/h11-13H,6-10H2,1-5H3. The lowest BCUT2D eigenvalue weighted by Crippen LogP contribution is -2.43. The van der Waals surface area contributed by atoms with Crippen molar-refractivity contribution in [2.45, 2.75) is 66.7 Å². The van der Waals surface area contributed by atoms with Crippen molar-refractivity contribution in [2.75, 3.05) is 0 Å². The summed E-state index contributed by atoms with van der Waals surface area (Å²) >= 11 is 0. The summed E-state index contributed by atoms with van der Waals surface area (Å²) in [5.41, 5.74) is 1.50. The van der Waals surface area contributed by atoms with Crippen LogP contribution in [0, 0.1) is 28.6 Å². The Morgan fingerprint density at radius 3 is 2.13 bits per heavy atom. The number of rotatable bonds is 4. The maximum Gasteiger partial charge on any atom is -0.0253 e. The van der Waals surface area contributed by atoms with Crippen LogP contribution in [0.15, 0.2) is 0 Å². The molecule has 3 fully saturated rings. The van der Waals surface area contributed by atoms with Gasteiger partial charge >= 0.3 is 0 Å². The SMILES string of the molecule is CCC1CC2(C(CC)C(C)C)CC1(C)C2. The van der Waals surface area contributed by atoms with Gasteiger partial charge in [0.15, 0.2) is 0 Å². The fourth-order valence-corrected chi connectivity index (χ4v) is 5.39. The molecule has 2 bridgehead atoms. The lowest BCUT2D eigenvalue weighted by atomic mass is 9.53. The molecule has 3 rings (SSSR count). The van der Waals surface area contributed by atoms with Gasteiger partial charge in [0.05, 0.1) is 0 Å². The van der Waals surface area contributed by atoms with E-state index in [4.69, 9.17) is 0 Å². The van der Waals surface area contributed by atoms with Gasteiger partial charge in [-0.1, -0.05) is 47.5 Å². The van der Waals surface area contributed by atoms with E-state index in [-0.39, 0.29) is 0 Å². The van der Waals surface area contributed by atoms with E-state index in [1.807, 2.05) is 0 Å². The highest BCUT2D eigenvalue weighted by Crippen LogP contribution is 2.74. The van der Waals surface area contributed by atoms with Gasteiger partial charge in [-0.15, -0.1) is 0 Å². The average molecular weight is 208 g/mol. The van der Waals surface area contributed by atoms with E-state index in [0.29, 0.717) is 0 Å². The van der Waals surface area contributed by atoms with Gasteiger partial charge in [-0.2, -0.15) is 0 Å². The molecule has 3 saturated carbocycles. The molecule has 15 heavy (non-hydrogen) atoms. The first-order chi connectivity index (χ1) is 6.97. The van der Waals surface area contributed by atoms with Crippen molar-refractivity contribution < 1.29 is 0 Å². The predicted octanol–water partition coefficient (Wildman–Crippen LogP) is 4.89. The normalized spacial score (nSPS) is 45.6. The van der Waals surface area contributed by atoms with Crippen LogP contribution in [0.25, 0.3) is 0 Å². The summed E-state index contributed by atoms with van der Waals surface area (Å²) in [6.45, 7) is 12.2. The Labute approximate surface area is 95.8 Å². The highest BCUT2D eigenvalue weighted by molar-refractivity contribution is 5.14. The molecular weight excluding hydrogens is 180 g/mol. The zero-order chi connectivity index (χ0) is 11.3. The molecule has 0 aromatic rings. The maximum absolute atomic E-state index is 2.54. The minimum Gasteiger partial charge on any atom is -0.0651 e. The van der Waals surface area contributed by atoms with Gasteiger partial charge in [-0.25, -0.2) is 0 Å². The molecule has 2 atom stereocenters. The maximum atomic E-state index is 2.54. The number of hydrogen-bond acceptors (Lipinski definition) is 0. The van der Waals surface area contributed by atoms with E-state index in [9.17, 15) is 0 Å². The molecule has 2 unspecified atom stereocenters. The molecule has 0 aromatic heterocycles. The van der Waals surface area contributed by atoms with Gasteiger partial charge < -0.3 is 0 Å². The molecule has 0 saturated heterocycles. The smallest absolute Gasteiger partial charge is 0.0253 e. The molecule has 0 aromatic carbocycles. The van der Waals surface area contributed by atoms with E-state index in [2.05, 4.69) is 34.6 Å². The first-order valence-corrected chi connectivity index (χ1v) is 6.97. The zero-order valence-corrected chi connectivity index (χ0v) is 11.3. The Morgan fingerprint density at radius 2 is 1.80 bits per heavy atom. The largest absolute Gasteiger partial charge is 0.0651 e. The lowest BCUT2D eigenvalue weighted by molar-refractivity contribution is -0.0245. The third-order valence-electron chi connectivity index (χ3n) is 5.67. The van der Waals surface area contributed by atoms with Crippen LogP contribution in [0.2, 0.25) is 0 Å². The topological polar surface area (TPSA) is 0 Å². The molecule has 3 aliphatic rings. The second kappa shape index (κ2) is 3.50. The van der Waals surface area contributed by atoms with Gasteiger partial charge in [0.25, 0.3) is 0 Å². The van der Waals surface area contributed by atoms with E-state index >= 15 is 0 Å². The Balaban J connectivity index is 2.13. The van der Waals surface area contributed by atoms with E-state index in [1.165, 1.54) is 32.1 Å². The molecule has 0 spiro atoms. The summed E-state index contributed by atoms with van der Waals surface area (Å²) in [5.74, 6) is 2.91. The third-order valence-corrected chi connectivity index (χ3v) is 5.67. The molecular formula is C15H28. The van der Waals surface area contributed by atoms with Crippen molar-refractivity contribution in [2.24, 2.45) is 28.6 Å². The summed E-state index contributed by atoms with van der Waals surface area (Å²) in [7, 11) is 0. The first kappa shape index (κ1) is 11.5. The Bertz CT molecular complexity index is 232. The molecule has 0 amide bonds. The fraction of sp³-hybridized carbons (Fsp3) is 1.00. The van der Waals surface area contributed by atoms with Crippen molar-refractivity contribution >= 4 is 0 Å². The van der Waals surface area contributed by atoms with E-state index in [0.717, 1.165) is 28.6 Å². The second-order valence-corrected chi connectivity index (χ2v) is 6.94. The van der Waals surface area contributed by atoms with Crippen molar-refractivity contribution in [1.29, 1.82) is 0 Å². The first-order valence-electron chi connectivity index (χ1n) is 6.97. The Hall–Kier alpha value is 0. The minimum absolute atomic E-state index is 0.733. The molecule has 88 valence electrons. The van der Waals surface area contributed by atoms with Gasteiger partial charge in [0.1, 0.15) is 0 Å². The minimum atomic E-state index is 0.733. The third kappa shape index (κ3) is 1.47. The van der Waals surface area contributed by atoms with Crippen molar-refractivity contribution in [3.63, 3.8) is 0 Å². The van der Waals surface area contributed by atoms with Crippen LogP contribution in [0.5, 0.6) is 0 Å². The van der Waals surface area contributed by atoms with Crippen molar-refractivity contribution in [1.82, 2.24) is 0 Å². The van der Waals surface area contributed by atoms with E-state index in [1.54, 1.807) is 0 Å². The zero-order valence-electron chi connectivity index (χ0n) is 11.3. The van der Waals surface area contributed by atoms with Crippen LogP contribution in [0.4, 0.5) is 0 Å². The highest BCUT2D eigenvalue weighted by atomic mass is 14.7. The molecule has 3 aliphatic carbocycles. The van der Waals surface area contributed by atoms with Gasteiger partial charge in [-0.05, 0) is 47.8 Å². The van der Waals surface area contributed by atoms with Crippen molar-refractivity contribution in [3.8, 4) is 0 Å². The van der Waals surface area contributed by atoms with E-state index < -0.39 is 0 Å². The average Bonchev–Trinajstić information content (AvgIpc) is 2.53. The number of fused-ring (bicyclic) bond motifs is 1. The molecule has 0 N–H and O–H groups in total. The summed E-state index contributed by atoms with van der Waals surface area (Å²) in [4.78, 5) is 0. The summed E-state index contributed by atoms with van der Waals surface area (Å²) in [5, 5.41) is 0. The summed E-state index contributed by atoms with van der Waals surface area (Å²) in [6, 6.07) is 0. The van der Waals surface area contributed by atoms with Crippen LogP contribution < -0.4 is 0 Å². The van der Waals surface area contributed by atoms with Crippen LogP contribution in [0.3, 0.4) is 0 Å². The molecule has 0 nitrogen and oxygen atoms in total. The second-order valence-electron chi connectivity index (χ2n) is 6.94. The van der Waals surface area contributed by atoms with Crippen LogP contribution >= 0.6 is 0 Å². The molecule has 0 heteroatoms. The van der Waals surface area contributed by atoms with Crippen molar-refractivity contribution in [3.05, 3.63) is 0 Å². The lowest BCUT2D eigenvalue weighted by Gasteiger charge is -2.52. The molecule has 0 radical (unpaired) electrons. The summed E-state index contributed by atoms with van der Waals surface area (Å²) in [6.07, 6.45) is 7.41. The quantitative estimate of drug-likeness (QED) is 0.617. The predicted molar refractivity (Wildman–Crippen MR) is 66.8 cm³/mol. The van der Waals surface area contributed by atoms with Crippen LogP contribution in [0.1, 0.15) is 66.7 Å². The van der Waals surface area contributed by atoms with Gasteiger partial charge in [-0.3, -0.25) is 0 Å². The Morgan fingerprint density at radius 1 is 1.20 bits per heavy atom.